The lowest BCUT2D eigenvalue weighted by Gasteiger charge is -2.28. The van der Waals surface area contributed by atoms with Crippen LogP contribution in [0.2, 0.25) is 0 Å². The molecule has 2 N–H and O–H groups in total. The summed E-state index contributed by atoms with van der Waals surface area (Å²) < 4.78 is 11.0. The minimum Gasteiger partial charge on any atom is -0.494 e. The van der Waals surface area contributed by atoms with E-state index in [1.165, 1.54) is 13.2 Å². The SMILES string of the molecule is CCN(c1nc2c(cc1C(=O)Nc1cc(OC)c3[nH]c(=O)cc(C)c3c1)COC2)C(C)C. The average molecular weight is 437 g/mol. The zero-order valence-corrected chi connectivity index (χ0v) is 19.0. The summed E-state index contributed by atoms with van der Waals surface area (Å²) in [4.78, 5) is 35.0. The first-order chi connectivity index (χ1) is 15.3. The van der Waals surface area contributed by atoms with E-state index in [1.54, 1.807) is 6.07 Å². The van der Waals surface area contributed by atoms with Crippen LogP contribution < -0.4 is 20.5 Å². The number of hydrogen-bond acceptors (Lipinski definition) is 6. The van der Waals surface area contributed by atoms with Crippen molar-refractivity contribution in [1.29, 1.82) is 0 Å². The van der Waals surface area contributed by atoms with E-state index in [0.717, 1.165) is 28.8 Å². The Morgan fingerprint density at radius 3 is 2.75 bits per heavy atom. The van der Waals surface area contributed by atoms with Gasteiger partial charge >= 0.3 is 0 Å². The lowest BCUT2D eigenvalue weighted by atomic mass is 10.1. The van der Waals surface area contributed by atoms with Crippen LogP contribution in [0.15, 0.2) is 29.1 Å². The Kier molecular flexibility index (Phi) is 5.88. The second-order valence-electron chi connectivity index (χ2n) is 8.21. The predicted molar refractivity (Wildman–Crippen MR) is 125 cm³/mol. The van der Waals surface area contributed by atoms with Crippen molar-refractivity contribution in [1.82, 2.24) is 9.97 Å². The Bertz CT molecular complexity index is 1250. The van der Waals surface area contributed by atoms with E-state index < -0.39 is 0 Å². The fourth-order valence-electron chi connectivity index (χ4n) is 4.16. The Morgan fingerprint density at radius 1 is 1.28 bits per heavy atom. The van der Waals surface area contributed by atoms with Crippen LogP contribution >= 0.6 is 0 Å². The lowest BCUT2D eigenvalue weighted by molar-refractivity contribution is 0.102. The van der Waals surface area contributed by atoms with Crippen molar-refractivity contribution in [3.63, 3.8) is 0 Å². The first-order valence-corrected chi connectivity index (χ1v) is 10.7. The summed E-state index contributed by atoms with van der Waals surface area (Å²) in [5.74, 6) is 0.874. The first-order valence-electron chi connectivity index (χ1n) is 10.7. The molecule has 1 aliphatic heterocycles. The molecular weight excluding hydrogens is 408 g/mol. The van der Waals surface area contributed by atoms with Crippen LogP contribution in [0.1, 0.15) is 48.0 Å². The smallest absolute Gasteiger partial charge is 0.259 e. The molecule has 0 aliphatic carbocycles. The molecule has 1 aromatic carbocycles. The summed E-state index contributed by atoms with van der Waals surface area (Å²) in [7, 11) is 1.53. The maximum atomic E-state index is 13.4. The number of hydrogen-bond donors (Lipinski definition) is 2. The molecule has 168 valence electrons. The summed E-state index contributed by atoms with van der Waals surface area (Å²) in [5, 5.41) is 3.80. The standard InChI is InChI=1S/C24H28N4O4/c1-6-28(13(2)3)23-18(8-15-11-32-12-19(15)26-23)24(30)25-16-9-17-14(4)7-21(29)27-22(17)20(10-16)31-5/h7-10,13H,6,11-12H2,1-5H3,(H,25,30)(H,27,29). The minimum absolute atomic E-state index is 0.180. The summed E-state index contributed by atoms with van der Waals surface area (Å²) in [6, 6.07) is 7.13. The van der Waals surface area contributed by atoms with E-state index in [0.29, 0.717) is 41.5 Å². The highest BCUT2D eigenvalue weighted by atomic mass is 16.5. The van der Waals surface area contributed by atoms with Gasteiger partial charge in [-0.15, -0.1) is 0 Å². The molecule has 4 rings (SSSR count). The number of nitrogens with zero attached hydrogens (tertiary/aromatic N) is 2. The van der Waals surface area contributed by atoms with Gasteiger partial charge in [-0.3, -0.25) is 9.59 Å². The predicted octanol–water partition coefficient (Wildman–Crippen LogP) is 3.76. The van der Waals surface area contributed by atoms with E-state index in [-0.39, 0.29) is 17.5 Å². The molecule has 1 amide bonds. The van der Waals surface area contributed by atoms with E-state index >= 15 is 0 Å². The van der Waals surface area contributed by atoms with Crippen LogP contribution in [0.25, 0.3) is 10.9 Å². The number of nitrogens with one attached hydrogen (secondary N) is 2. The third kappa shape index (κ3) is 3.93. The Labute approximate surface area is 186 Å². The van der Waals surface area contributed by atoms with Gasteiger partial charge in [0.1, 0.15) is 11.6 Å². The average Bonchev–Trinajstić information content (AvgIpc) is 3.21. The van der Waals surface area contributed by atoms with Gasteiger partial charge in [0.05, 0.1) is 37.1 Å². The molecule has 0 atom stereocenters. The molecule has 32 heavy (non-hydrogen) atoms. The number of anilines is 2. The number of carbonyl (C=O) groups excluding carboxylic acids is 1. The van der Waals surface area contributed by atoms with E-state index in [9.17, 15) is 9.59 Å². The number of aryl methyl sites for hydroxylation is 1. The quantitative estimate of drug-likeness (QED) is 0.611. The topological polar surface area (TPSA) is 96.5 Å². The highest BCUT2D eigenvalue weighted by Gasteiger charge is 2.25. The highest BCUT2D eigenvalue weighted by Crippen LogP contribution is 2.31. The van der Waals surface area contributed by atoms with Crippen LogP contribution in [0.4, 0.5) is 11.5 Å². The molecule has 8 nitrogen and oxygen atoms in total. The maximum Gasteiger partial charge on any atom is 0.259 e. The third-order valence-corrected chi connectivity index (χ3v) is 5.75. The monoisotopic (exact) mass is 436 g/mol. The van der Waals surface area contributed by atoms with Gasteiger partial charge in [0, 0.05) is 41.4 Å². The summed E-state index contributed by atoms with van der Waals surface area (Å²) in [6.45, 7) is 9.69. The van der Waals surface area contributed by atoms with Gasteiger partial charge in [-0.05, 0) is 45.4 Å². The number of carbonyl (C=O) groups is 1. The van der Waals surface area contributed by atoms with Crippen molar-refractivity contribution < 1.29 is 14.3 Å². The van der Waals surface area contributed by atoms with Gasteiger partial charge in [-0.25, -0.2) is 4.98 Å². The Balaban J connectivity index is 1.78. The number of ether oxygens (including phenoxy) is 2. The molecule has 0 saturated carbocycles. The van der Waals surface area contributed by atoms with Crippen molar-refractivity contribution in [2.45, 2.75) is 47.0 Å². The van der Waals surface area contributed by atoms with Crippen molar-refractivity contribution >= 4 is 28.3 Å². The molecule has 1 aliphatic rings. The fraction of sp³-hybridized carbons (Fsp3) is 0.375. The van der Waals surface area contributed by atoms with Crippen molar-refractivity contribution in [2.75, 3.05) is 23.9 Å². The largest absolute Gasteiger partial charge is 0.494 e. The van der Waals surface area contributed by atoms with Crippen LogP contribution in [0.5, 0.6) is 5.75 Å². The summed E-state index contributed by atoms with van der Waals surface area (Å²) >= 11 is 0. The molecule has 0 saturated heterocycles. The number of pyridine rings is 2. The molecule has 0 spiro atoms. The molecule has 0 bridgehead atoms. The minimum atomic E-state index is -0.259. The number of fused-ring (bicyclic) bond motifs is 2. The van der Waals surface area contributed by atoms with Crippen LogP contribution in [0.3, 0.4) is 0 Å². The number of aromatic nitrogens is 2. The van der Waals surface area contributed by atoms with Crippen molar-refractivity contribution in [3.8, 4) is 5.75 Å². The molecule has 0 unspecified atom stereocenters. The second kappa shape index (κ2) is 8.63. The fourth-order valence-corrected chi connectivity index (χ4v) is 4.16. The van der Waals surface area contributed by atoms with Gasteiger partial charge in [-0.2, -0.15) is 0 Å². The molecule has 2 aromatic heterocycles. The number of rotatable bonds is 6. The Hall–Kier alpha value is -3.39. The van der Waals surface area contributed by atoms with Crippen molar-refractivity contribution in [2.24, 2.45) is 0 Å². The summed E-state index contributed by atoms with van der Waals surface area (Å²) in [5.41, 5.74) is 4.09. The molecule has 8 heteroatoms. The van der Waals surface area contributed by atoms with Gasteiger partial charge in [-0.1, -0.05) is 0 Å². The van der Waals surface area contributed by atoms with Gasteiger partial charge in [0.2, 0.25) is 5.56 Å². The Morgan fingerprint density at radius 2 is 2.06 bits per heavy atom. The molecule has 0 fully saturated rings. The maximum absolute atomic E-state index is 13.4. The second-order valence-corrected chi connectivity index (χ2v) is 8.21. The zero-order valence-electron chi connectivity index (χ0n) is 19.0. The van der Waals surface area contributed by atoms with E-state index in [1.807, 2.05) is 26.0 Å². The number of H-pyrrole nitrogens is 1. The number of amides is 1. The van der Waals surface area contributed by atoms with Gasteiger partial charge < -0.3 is 24.7 Å². The van der Waals surface area contributed by atoms with Gasteiger partial charge in [0.15, 0.2) is 0 Å². The number of aromatic amines is 1. The molecular formula is C24H28N4O4. The van der Waals surface area contributed by atoms with Crippen LogP contribution in [-0.4, -0.2) is 35.6 Å². The number of methoxy groups -OCH3 is 1. The van der Waals surface area contributed by atoms with Gasteiger partial charge in [0.25, 0.3) is 5.91 Å². The number of benzene rings is 1. The van der Waals surface area contributed by atoms with E-state index in [4.69, 9.17) is 14.5 Å². The molecule has 3 aromatic rings. The van der Waals surface area contributed by atoms with E-state index in [2.05, 4.69) is 29.0 Å². The van der Waals surface area contributed by atoms with Crippen LogP contribution in [-0.2, 0) is 18.0 Å². The molecule has 3 heterocycles. The van der Waals surface area contributed by atoms with Crippen molar-refractivity contribution in [3.05, 3.63) is 57.0 Å². The van der Waals surface area contributed by atoms with Crippen LogP contribution in [0, 0.1) is 6.92 Å². The third-order valence-electron chi connectivity index (χ3n) is 5.75. The highest BCUT2D eigenvalue weighted by molar-refractivity contribution is 6.09. The lowest BCUT2D eigenvalue weighted by Crippen LogP contribution is -2.33. The normalized spacial score (nSPS) is 12.8. The summed E-state index contributed by atoms with van der Waals surface area (Å²) in [6.07, 6.45) is 0. The first kappa shape index (κ1) is 21.8. The zero-order chi connectivity index (χ0) is 23.0. The molecule has 0 radical (unpaired) electrons.